The van der Waals surface area contributed by atoms with E-state index in [2.05, 4.69) is 48.4 Å². The SMILES string of the molecule is CC(NC1c2cc(Cl)ccc2CC1(C)C)c1nncn1C. The normalized spacial score (nSPS) is 21.3. The number of hydrogen-bond donors (Lipinski definition) is 1. The molecule has 112 valence electrons. The van der Waals surface area contributed by atoms with Crippen LogP contribution in [0.25, 0.3) is 0 Å². The molecule has 0 aliphatic heterocycles. The number of hydrogen-bond acceptors (Lipinski definition) is 3. The van der Waals surface area contributed by atoms with Crippen molar-refractivity contribution < 1.29 is 0 Å². The maximum Gasteiger partial charge on any atom is 0.149 e. The molecule has 0 saturated carbocycles. The monoisotopic (exact) mass is 304 g/mol. The summed E-state index contributed by atoms with van der Waals surface area (Å²) in [4.78, 5) is 0. The Bertz CT molecular complexity index is 662. The Hall–Kier alpha value is -1.39. The van der Waals surface area contributed by atoms with Gasteiger partial charge in [-0.15, -0.1) is 10.2 Å². The molecule has 1 aromatic heterocycles. The predicted octanol–water partition coefficient (Wildman–Crippen LogP) is 3.44. The van der Waals surface area contributed by atoms with E-state index in [0.29, 0.717) is 0 Å². The van der Waals surface area contributed by atoms with E-state index in [1.54, 1.807) is 6.33 Å². The Morgan fingerprint density at radius 3 is 2.86 bits per heavy atom. The van der Waals surface area contributed by atoms with Gasteiger partial charge >= 0.3 is 0 Å². The summed E-state index contributed by atoms with van der Waals surface area (Å²) in [6, 6.07) is 6.61. The molecule has 0 radical (unpaired) electrons. The summed E-state index contributed by atoms with van der Waals surface area (Å²) in [6.45, 7) is 6.71. The molecule has 5 heteroatoms. The van der Waals surface area contributed by atoms with Gasteiger partial charge in [-0.25, -0.2) is 0 Å². The number of nitrogens with zero attached hydrogens (tertiary/aromatic N) is 3. The lowest BCUT2D eigenvalue weighted by Gasteiger charge is -2.31. The Kier molecular flexibility index (Phi) is 3.54. The van der Waals surface area contributed by atoms with Gasteiger partial charge in [0.15, 0.2) is 0 Å². The van der Waals surface area contributed by atoms with Gasteiger partial charge in [-0.05, 0) is 42.0 Å². The van der Waals surface area contributed by atoms with Crippen LogP contribution in [0.4, 0.5) is 0 Å². The van der Waals surface area contributed by atoms with Crippen LogP contribution in [0.15, 0.2) is 24.5 Å². The lowest BCUT2D eigenvalue weighted by molar-refractivity contribution is 0.248. The summed E-state index contributed by atoms with van der Waals surface area (Å²) in [5.41, 5.74) is 2.84. The second kappa shape index (κ2) is 5.11. The molecule has 1 aliphatic carbocycles. The molecule has 2 unspecified atom stereocenters. The highest BCUT2D eigenvalue weighted by Crippen LogP contribution is 2.46. The third-order valence-electron chi connectivity index (χ3n) is 4.40. The third-order valence-corrected chi connectivity index (χ3v) is 4.63. The number of aryl methyl sites for hydroxylation is 1. The van der Waals surface area contributed by atoms with Gasteiger partial charge in [-0.1, -0.05) is 31.5 Å². The van der Waals surface area contributed by atoms with Crippen LogP contribution in [0.1, 0.15) is 49.8 Å². The Morgan fingerprint density at radius 1 is 1.43 bits per heavy atom. The van der Waals surface area contributed by atoms with Gasteiger partial charge in [0.25, 0.3) is 0 Å². The average Bonchev–Trinajstić information content (AvgIpc) is 2.92. The first-order valence-corrected chi connectivity index (χ1v) is 7.64. The van der Waals surface area contributed by atoms with Gasteiger partial charge in [0.05, 0.1) is 6.04 Å². The Balaban J connectivity index is 1.91. The number of aromatic nitrogens is 3. The van der Waals surface area contributed by atoms with Crippen molar-refractivity contribution >= 4 is 11.6 Å². The Labute approximate surface area is 130 Å². The molecule has 0 spiro atoms. The van der Waals surface area contributed by atoms with Crippen molar-refractivity contribution in [3.8, 4) is 0 Å². The van der Waals surface area contributed by atoms with E-state index in [9.17, 15) is 0 Å². The number of benzene rings is 1. The van der Waals surface area contributed by atoms with Crippen LogP contribution in [0, 0.1) is 5.41 Å². The van der Waals surface area contributed by atoms with Crippen LogP contribution in [0.5, 0.6) is 0 Å². The molecule has 0 bridgehead atoms. The predicted molar refractivity (Wildman–Crippen MR) is 84.2 cm³/mol. The lowest BCUT2D eigenvalue weighted by Crippen LogP contribution is -2.34. The van der Waals surface area contributed by atoms with Gasteiger partial charge in [0.1, 0.15) is 12.2 Å². The van der Waals surface area contributed by atoms with Crippen molar-refractivity contribution in [2.75, 3.05) is 0 Å². The van der Waals surface area contributed by atoms with E-state index in [1.165, 1.54) is 11.1 Å². The van der Waals surface area contributed by atoms with E-state index >= 15 is 0 Å². The van der Waals surface area contributed by atoms with Gasteiger partial charge in [-0.3, -0.25) is 0 Å². The maximum absolute atomic E-state index is 6.19. The number of fused-ring (bicyclic) bond motifs is 1. The standard InChI is InChI=1S/C16H21ClN4/c1-10(15-20-18-9-21(15)4)19-14-13-7-12(17)6-5-11(13)8-16(14,2)3/h5-7,9-10,14,19H,8H2,1-4H3. The molecular formula is C16H21ClN4. The zero-order chi connectivity index (χ0) is 15.2. The van der Waals surface area contributed by atoms with E-state index in [0.717, 1.165) is 17.3 Å². The zero-order valence-electron chi connectivity index (χ0n) is 12.9. The highest BCUT2D eigenvalue weighted by molar-refractivity contribution is 6.30. The van der Waals surface area contributed by atoms with Gasteiger partial charge in [0.2, 0.25) is 0 Å². The fourth-order valence-corrected chi connectivity index (χ4v) is 3.51. The minimum atomic E-state index is 0.131. The topological polar surface area (TPSA) is 42.7 Å². The van der Waals surface area contributed by atoms with Gasteiger partial charge in [-0.2, -0.15) is 0 Å². The van der Waals surface area contributed by atoms with Gasteiger partial charge < -0.3 is 9.88 Å². The van der Waals surface area contributed by atoms with Crippen molar-refractivity contribution in [3.05, 3.63) is 46.5 Å². The molecule has 0 fully saturated rings. The fraction of sp³-hybridized carbons (Fsp3) is 0.500. The fourth-order valence-electron chi connectivity index (χ4n) is 3.33. The maximum atomic E-state index is 6.19. The minimum Gasteiger partial charge on any atom is -0.319 e. The smallest absolute Gasteiger partial charge is 0.149 e. The minimum absolute atomic E-state index is 0.131. The molecule has 4 nitrogen and oxygen atoms in total. The third kappa shape index (κ3) is 2.58. The molecular weight excluding hydrogens is 284 g/mol. The van der Waals surface area contributed by atoms with Crippen LogP contribution >= 0.6 is 11.6 Å². The summed E-state index contributed by atoms with van der Waals surface area (Å²) < 4.78 is 1.96. The summed E-state index contributed by atoms with van der Waals surface area (Å²) in [5.74, 6) is 0.946. The molecule has 2 aromatic rings. The van der Waals surface area contributed by atoms with Crippen molar-refractivity contribution in [2.45, 2.75) is 39.3 Å². The van der Waals surface area contributed by atoms with Crippen LogP contribution in [0.3, 0.4) is 0 Å². The van der Waals surface area contributed by atoms with Crippen LogP contribution in [-0.4, -0.2) is 14.8 Å². The molecule has 21 heavy (non-hydrogen) atoms. The number of nitrogens with one attached hydrogen (secondary N) is 1. The highest BCUT2D eigenvalue weighted by Gasteiger charge is 2.39. The first-order valence-electron chi connectivity index (χ1n) is 7.27. The second-order valence-corrected chi connectivity index (χ2v) is 7.07. The van der Waals surface area contributed by atoms with E-state index in [4.69, 9.17) is 11.6 Å². The first-order chi connectivity index (χ1) is 9.88. The van der Waals surface area contributed by atoms with E-state index in [-0.39, 0.29) is 17.5 Å². The molecule has 1 aliphatic rings. The summed E-state index contributed by atoms with van der Waals surface area (Å²) in [5, 5.41) is 12.7. The highest BCUT2D eigenvalue weighted by atomic mass is 35.5. The second-order valence-electron chi connectivity index (χ2n) is 6.63. The largest absolute Gasteiger partial charge is 0.319 e. The average molecular weight is 305 g/mol. The van der Waals surface area contributed by atoms with Gasteiger partial charge in [0, 0.05) is 18.1 Å². The molecule has 1 aromatic carbocycles. The molecule has 0 saturated heterocycles. The van der Waals surface area contributed by atoms with Crippen LogP contribution < -0.4 is 5.32 Å². The van der Waals surface area contributed by atoms with Crippen molar-refractivity contribution in [3.63, 3.8) is 0 Å². The molecule has 1 heterocycles. The summed E-state index contributed by atoms with van der Waals surface area (Å²) >= 11 is 6.19. The molecule has 3 rings (SSSR count). The first kappa shape index (κ1) is 14.5. The van der Waals surface area contributed by atoms with E-state index < -0.39 is 0 Å². The van der Waals surface area contributed by atoms with Crippen molar-refractivity contribution in [1.82, 2.24) is 20.1 Å². The van der Waals surface area contributed by atoms with E-state index in [1.807, 2.05) is 17.7 Å². The summed E-state index contributed by atoms with van der Waals surface area (Å²) in [7, 11) is 1.97. The van der Waals surface area contributed by atoms with Crippen molar-refractivity contribution in [2.24, 2.45) is 12.5 Å². The quantitative estimate of drug-likeness (QED) is 0.944. The van der Waals surface area contributed by atoms with Crippen LogP contribution in [-0.2, 0) is 13.5 Å². The number of halogens is 1. The Morgan fingerprint density at radius 2 is 2.19 bits per heavy atom. The molecule has 2 atom stereocenters. The van der Waals surface area contributed by atoms with Crippen molar-refractivity contribution in [1.29, 1.82) is 0 Å². The zero-order valence-corrected chi connectivity index (χ0v) is 13.6. The molecule has 0 amide bonds. The summed E-state index contributed by atoms with van der Waals surface area (Å²) in [6.07, 6.45) is 2.79. The van der Waals surface area contributed by atoms with Crippen LogP contribution in [0.2, 0.25) is 5.02 Å². The number of rotatable bonds is 3. The molecule has 1 N–H and O–H groups in total. The lowest BCUT2D eigenvalue weighted by atomic mass is 9.85.